The summed E-state index contributed by atoms with van der Waals surface area (Å²) in [5, 5.41) is 28.8. The quantitative estimate of drug-likeness (QED) is 0.217. The van der Waals surface area contributed by atoms with Gasteiger partial charge in [-0.25, -0.2) is 9.02 Å². The molecule has 1 aromatic carbocycles. The minimum Gasteiger partial charge on any atom is -0.409 e. The van der Waals surface area contributed by atoms with Crippen molar-refractivity contribution < 1.29 is 14.2 Å². The van der Waals surface area contributed by atoms with Crippen molar-refractivity contribution in [3.05, 3.63) is 34.2 Å². The molecule has 1 saturated heterocycles. The molecule has 1 fully saturated rings. The van der Waals surface area contributed by atoms with Crippen molar-refractivity contribution in [2.75, 3.05) is 30.3 Å². The van der Waals surface area contributed by atoms with Crippen molar-refractivity contribution in [3.8, 4) is 0 Å². The highest BCUT2D eigenvalue weighted by Crippen LogP contribution is 2.21. The van der Waals surface area contributed by atoms with E-state index < -0.39 is 5.82 Å². The zero-order valence-corrected chi connectivity index (χ0v) is 14.0. The van der Waals surface area contributed by atoms with Crippen molar-refractivity contribution >= 4 is 33.3 Å². The Kier molecular flexibility index (Phi) is 4.64. The number of oxime groups is 1. The van der Waals surface area contributed by atoms with Crippen molar-refractivity contribution in [1.82, 2.24) is 15.6 Å². The molecule has 3 rings (SSSR count). The highest BCUT2D eigenvalue weighted by Gasteiger charge is 2.32. The number of anilines is 2. The summed E-state index contributed by atoms with van der Waals surface area (Å²) in [5.41, 5.74) is 6.38. The second-order valence-corrected chi connectivity index (χ2v) is 6.34. The highest BCUT2D eigenvalue weighted by atomic mass is 79.9. The van der Waals surface area contributed by atoms with Gasteiger partial charge in [0.05, 0.1) is 10.0 Å². The number of hydrogen-bond acceptors (Lipinski definition) is 8. The summed E-state index contributed by atoms with van der Waals surface area (Å²) in [6, 6.07) is 4.25. The van der Waals surface area contributed by atoms with Gasteiger partial charge in [0.15, 0.2) is 5.69 Å². The fraction of sp³-hybridized carbons (Fsp3) is 0.308. The molecular weight excluding hydrogens is 385 g/mol. The molecule has 11 heteroatoms. The molecule has 0 spiro atoms. The summed E-state index contributed by atoms with van der Waals surface area (Å²) in [6.45, 7) is 1.81. The first-order valence-corrected chi connectivity index (χ1v) is 7.80. The van der Waals surface area contributed by atoms with Gasteiger partial charge in [0.2, 0.25) is 11.7 Å². The monoisotopic (exact) mass is 399 g/mol. The second kappa shape index (κ2) is 6.71. The van der Waals surface area contributed by atoms with Crippen molar-refractivity contribution in [3.63, 3.8) is 0 Å². The lowest BCUT2D eigenvalue weighted by Gasteiger charge is -2.39. The fourth-order valence-corrected chi connectivity index (χ4v) is 2.51. The molecule has 0 radical (unpaired) electrons. The lowest BCUT2D eigenvalue weighted by atomic mass is 9.94. The van der Waals surface area contributed by atoms with Crippen LogP contribution < -0.4 is 21.7 Å². The number of aromatic nitrogens is 2. The van der Waals surface area contributed by atoms with Gasteiger partial charge in [0.25, 0.3) is 0 Å². The number of amidine groups is 1. The first kappa shape index (κ1) is 16.6. The molecule has 0 saturated carbocycles. The zero-order valence-electron chi connectivity index (χ0n) is 12.4. The number of rotatable bonds is 5. The summed E-state index contributed by atoms with van der Waals surface area (Å²) in [5.74, 6) is -0.126. The van der Waals surface area contributed by atoms with Gasteiger partial charge in [0, 0.05) is 25.3 Å². The summed E-state index contributed by atoms with van der Waals surface area (Å²) in [7, 11) is 0. The molecule has 0 atom stereocenters. The van der Waals surface area contributed by atoms with Gasteiger partial charge >= 0.3 is 0 Å². The van der Waals surface area contributed by atoms with Crippen molar-refractivity contribution in [2.45, 2.75) is 5.54 Å². The number of nitrogens with zero attached hydrogens (tertiary/aromatic N) is 3. The number of benzene rings is 1. The van der Waals surface area contributed by atoms with Gasteiger partial charge in [0.1, 0.15) is 5.82 Å². The molecule has 0 aliphatic carbocycles. The Morgan fingerprint density at radius 1 is 1.50 bits per heavy atom. The predicted octanol–water partition coefficient (Wildman–Crippen LogP) is 0.932. The van der Waals surface area contributed by atoms with Gasteiger partial charge in [-0.3, -0.25) is 0 Å². The van der Waals surface area contributed by atoms with E-state index in [-0.39, 0.29) is 27.4 Å². The van der Waals surface area contributed by atoms with E-state index in [9.17, 15) is 9.60 Å². The molecule has 1 aliphatic heterocycles. The smallest absolute Gasteiger partial charge is 0.203 e. The summed E-state index contributed by atoms with van der Waals surface area (Å²) < 4.78 is 18.3. The number of nitrogens with two attached hydrogens (primary N) is 1. The fourth-order valence-electron chi connectivity index (χ4n) is 2.13. The third kappa shape index (κ3) is 3.47. The standard InChI is InChI=1S/C13H15BrFN7O2/c14-8-3-7(1-2-9(8)15)19-12(20-23)10-11(22-24-21-10)18-6-13(16)4-17-5-13/h1-3,17,23H,4-6,16H2,(H,18,22)(H,19,20). The predicted molar refractivity (Wildman–Crippen MR) is 88.6 cm³/mol. The molecule has 0 amide bonds. The van der Waals surface area contributed by atoms with Crippen LogP contribution in [0.15, 0.2) is 32.5 Å². The summed E-state index contributed by atoms with van der Waals surface area (Å²) in [4.78, 5) is 0. The van der Waals surface area contributed by atoms with Crippen LogP contribution in [0.4, 0.5) is 15.9 Å². The Balaban J connectivity index is 1.74. The van der Waals surface area contributed by atoms with Gasteiger partial charge in [-0.05, 0) is 44.4 Å². The van der Waals surface area contributed by atoms with Crippen LogP contribution in [0.2, 0.25) is 0 Å². The molecular formula is C13H15BrFN7O2. The van der Waals surface area contributed by atoms with Crippen LogP contribution in [0.5, 0.6) is 0 Å². The van der Waals surface area contributed by atoms with E-state index >= 15 is 0 Å². The Bertz CT molecular complexity index is 763. The van der Waals surface area contributed by atoms with Crippen LogP contribution in [-0.2, 0) is 0 Å². The second-order valence-electron chi connectivity index (χ2n) is 5.48. The molecule has 2 aromatic rings. The molecule has 24 heavy (non-hydrogen) atoms. The summed E-state index contributed by atoms with van der Waals surface area (Å²) in [6.07, 6.45) is 0. The third-order valence-electron chi connectivity index (χ3n) is 3.56. The first-order valence-electron chi connectivity index (χ1n) is 7.01. The molecule has 1 aromatic heterocycles. The summed E-state index contributed by atoms with van der Waals surface area (Å²) >= 11 is 3.09. The molecule has 128 valence electrons. The maximum Gasteiger partial charge on any atom is 0.203 e. The third-order valence-corrected chi connectivity index (χ3v) is 4.16. The van der Waals surface area contributed by atoms with Crippen LogP contribution in [0.25, 0.3) is 0 Å². The molecule has 0 unspecified atom stereocenters. The average molecular weight is 400 g/mol. The number of hydrogen-bond donors (Lipinski definition) is 5. The van der Waals surface area contributed by atoms with Gasteiger partial charge < -0.3 is 26.9 Å². The normalized spacial score (nSPS) is 16.5. The van der Waals surface area contributed by atoms with E-state index in [4.69, 9.17) is 10.4 Å². The topological polar surface area (TPSA) is 134 Å². The minimum absolute atomic E-state index is 0.00457. The van der Waals surface area contributed by atoms with Crippen LogP contribution >= 0.6 is 15.9 Å². The van der Waals surface area contributed by atoms with Gasteiger partial charge in [-0.1, -0.05) is 5.16 Å². The van der Waals surface area contributed by atoms with E-state index in [1.807, 2.05) is 0 Å². The number of nitrogens with one attached hydrogen (secondary N) is 3. The van der Waals surface area contributed by atoms with Gasteiger partial charge in [-0.15, -0.1) is 0 Å². The molecule has 0 bridgehead atoms. The Labute approximate surface area is 144 Å². The van der Waals surface area contributed by atoms with E-state index in [2.05, 4.69) is 47.3 Å². The van der Waals surface area contributed by atoms with E-state index in [0.717, 1.165) is 0 Å². The minimum atomic E-state index is -0.407. The maximum absolute atomic E-state index is 13.3. The van der Waals surface area contributed by atoms with Crippen molar-refractivity contribution in [2.24, 2.45) is 10.9 Å². The molecule has 9 nitrogen and oxygen atoms in total. The van der Waals surface area contributed by atoms with Crippen LogP contribution in [0, 0.1) is 5.82 Å². The van der Waals surface area contributed by atoms with E-state index in [1.54, 1.807) is 0 Å². The lowest BCUT2D eigenvalue weighted by molar-refractivity contribution is 0.293. The maximum atomic E-state index is 13.3. The van der Waals surface area contributed by atoms with Crippen LogP contribution in [0.1, 0.15) is 5.69 Å². The first-order chi connectivity index (χ1) is 11.5. The zero-order chi connectivity index (χ0) is 17.2. The van der Waals surface area contributed by atoms with Crippen LogP contribution in [0.3, 0.4) is 0 Å². The van der Waals surface area contributed by atoms with Gasteiger partial charge in [-0.2, -0.15) is 0 Å². The van der Waals surface area contributed by atoms with Crippen LogP contribution in [-0.4, -0.2) is 46.5 Å². The average Bonchev–Trinajstić information content (AvgIpc) is 3.00. The Hall–Kier alpha value is -2.24. The number of halogens is 2. The highest BCUT2D eigenvalue weighted by molar-refractivity contribution is 9.10. The SMILES string of the molecule is NC1(CNc2nonc2/C(=N/O)Nc2ccc(F)c(Br)c2)CNC1. The Morgan fingerprint density at radius 2 is 2.29 bits per heavy atom. The van der Waals surface area contributed by atoms with Crippen molar-refractivity contribution in [1.29, 1.82) is 0 Å². The lowest BCUT2D eigenvalue weighted by Crippen LogP contribution is -2.68. The van der Waals surface area contributed by atoms with E-state index in [0.29, 0.717) is 25.3 Å². The molecule has 6 N–H and O–H groups in total. The van der Waals surface area contributed by atoms with E-state index in [1.165, 1.54) is 18.2 Å². The molecule has 1 aliphatic rings. The Morgan fingerprint density at radius 3 is 2.92 bits per heavy atom. The molecule has 2 heterocycles. The largest absolute Gasteiger partial charge is 0.409 e.